The first-order chi connectivity index (χ1) is 9.91. The highest BCUT2D eigenvalue weighted by molar-refractivity contribution is 5.28. The number of hydrogen-bond donors (Lipinski definition) is 1. The van der Waals surface area contributed by atoms with Gasteiger partial charge in [-0.25, -0.2) is 0 Å². The number of benzene rings is 1. The van der Waals surface area contributed by atoms with Crippen LogP contribution in [0.1, 0.15) is 30.5 Å². The molecule has 1 aromatic carbocycles. The van der Waals surface area contributed by atoms with E-state index in [1.165, 1.54) is 6.07 Å². The van der Waals surface area contributed by atoms with E-state index in [9.17, 15) is 13.2 Å². The molecule has 3 nitrogen and oxygen atoms in total. The fourth-order valence-corrected chi connectivity index (χ4v) is 2.61. The van der Waals surface area contributed by atoms with Gasteiger partial charge in [0.25, 0.3) is 0 Å². The van der Waals surface area contributed by atoms with Crippen LogP contribution < -0.4 is 5.73 Å². The van der Waals surface area contributed by atoms with Gasteiger partial charge in [0, 0.05) is 25.2 Å². The number of hydrogen-bond acceptors (Lipinski definition) is 3. The van der Waals surface area contributed by atoms with Crippen LogP contribution in [0.5, 0.6) is 0 Å². The van der Waals surface area contributed by atoms with Gasteiger partial charge < -0.3 is 10.5 Å². The fourth-order valence-electron chi connectivity index (χ4n) is 2.61. The Balaban J connectivity index is 2.07. The number of halogens is 3. The molecule has 2 unspecified atom stereocenters. The van der Waals surface area contributed by atoms with Crippen molar-refractivity contribution in [2.24, 2.45) is 5.73 Å². The predicted molar refractivity (Wildman–Crippen MR) is 74.8 cm³/mol. The van der Waals surface area contributed by atoms with Crippen LogP contribution in [0.15, 0.2) is 24.3 Å². The third kappa shape index (κ3) is 4.18. The first-order valence-corrected chi connectivity index (χ1v) is 7.16. The lowest BCUT2D eigenvalue weighted by atomic mass is 10.0. The number of nitrogens with zero attached hydrogens (tertiary/aromatic N) is 1. The van der Waals surface area contributed by atoms with E-state index < -0.39 is 17.8 Å². The number of rotatable bonds is 4. The smallest absolute Gasteiger partial charge is 0.378 e. The van der Waals surface area contributed by atoms with Gasteiger partial charge in [0.1, 0.15) is 0 Å². The standard InChI is InChI=1S/C15H21F3N2O/c1-2-13-10-21-7-6-20(13)9-14(19)11-4-3-5-12(8-11)15(16,17)18/h3-5,8,13-14H,2,6-7,9-10,19H2,1H3. The first kappa shape index (κ1) is 16.3. The van der Waals surface area contributed by atoms with Gasteiger partial charge in [-0.2, -0.15) is 13.2 Å². The maximum atomic E-state index is 12.7. The SMILES string of the molecule is CCC1COCCN1CC(N)c1cccc(C(F)(F)F)c1. The summed E-state index contributed by atoms with van der Waals surface area (Å²) in [5.41, 5.74) is 5.98. The maximum Gasteiger partial charge on any atom is 0.416 e. The molecule has 1 heterocycles. The van der Waals surface area contributed by atoms with Crippen molar-refractivity contribution in [3.63, 3.8) is 0 Å². The zero-order valence-electron chi connectivity index (χ0n) is 12.1. The molecule has 1 fully saturated rings. The quantitative estimate of drug-likeness (QED) is 0.929. The summed E-state index contributed by atoms with van der Waals surface area (Å²) in [7, 11) is 0. The molecule has 0 radical (unpaired) electrons. The van der Waals surface area contributed by atoms with Crippen molar-refractivity contribution < 1.29 is 17.9 Å². The Morgan fingerprint density at radius 1 is 1.43 bits per heavy atom. The van der Waals surface area contributed by atoms with Gasteiger partial charge in [0.15, 0.2) is 0 Å². The molecule has 2 N–H and O–H groups in total. The molecule has 1 aliphatic heterocycles. The van der Waals surface area contributed by atoms with E-state index in [4.69, 9.17) is 10.5 Å². The average Bonchev–Trinajstić information content (AvgIpc) is 2.47. The van der Waals surface area contributed by atoms with Gasteiger partial charge in [0.05, 0.1) is 18.8 Å². The highest BCUT2D eigenvalue weighted by Crippen LogP contribution is 2.30. The van der Waals surface area contributed by atoms with Gasteiger partial charge in [0.2, 0.25) is 0 Å². The number of alkyl halides is 3. The monoisotopic (exact) mass is 302 g/mol. The Bertz CT molecular complexity index is 464. The average molecular weight is 302 g/mol. The normalized spacial score (nSPS) is 22.2. The van der Waals surface area contributed by atoms with Gasteiger partial charge in [-0.1, -0.05) is 19.1 Å². The number of ether oxygens (including phenoxy) is 1. The Hall–Kier alpha value is -1.11. The summed E-state index contributed by atoms with van der Waals surface area (Å²) < 4.78 is 43.6. The Morgan fingerprint density at radius 2 is 2.19 bits per heavy atom. The summed E-state index contributed by atoms with van der Waals surface area (Å²) in [5.74, 6) is 0. The zero-order chi connectivity index (χ0) is 15.5. The molecule has 0 saturated carbocycles. The molecule has 1 aliphatic rings. The highest BCUT2D eigenvalue weighted by Gasteiger charge is 2.31. The van der Waals surface area contributed by atoms with Gasteiger partial charge in [-0.05, 0) is 24.1 Å². The fraction of sp³-hybridized carbons (Fsp3) is 0.600. The van der Waals surface area contributed by atoms with Crippen molar-refractivity contribution in [1.82, 2.24) is 4.90 Å². The minimum atomic E-state index is -4.33. The van der Waals surface area contributed by atoms with E-state index in [1.807, 2.05) is 0 Å². The van der Waals surface area contributed by atoms with E-state index in [2.05, 4.69) is 11.8 Å². The van der Waals surface area contributed by atoms with Crippen LogP contribution in [0.3, 0.4) is 0 Å². The Kier molecular flexibility index (Phi) is 5.24. The first-order valence-electron chi connectivity index (χ1n) is 7.16. The summed E-state index contributed by atoms with van der Waals surface area (Å²) in [6.07, 6.45) is -3.39. The molecule has 0 bridgehead atoms. The molecule has 0 spiro atoms. The van der Waals surface area contributed by atoms with E-state index in [1.54, 1.807) is 6.07 Å². The second-order valence-corrected chi connectivity index (χ2v) is 5.36. The van der Waals surface area contributed by atoms with Crippen molar-refractivity contribution in [1.29, 1.82) is 0 Å². The molecule has 1 aromatic rings. The lowest BCUT2D eigenvalue weighted by Crippen LogP contribution is -2.47. The van der Waals surface area contributed by atoms with Crippen molar-refractivity contribution in [2.75, 3.05) is 26.3 Å². The molecule has 6 heteroatoms. The minimum absolute atomic E-state index is 0.288. The minimum Gasteiger partial charge on any atom is -0.378 e. The highest BCUT2D eigenvalue weighted by atomic mass is 19.4. The van der Waals surface area contributed by atoms with Crippen LogP contribution in [0, 0.1) is 0 Å². The predicted octanol–water partition coefficient (Wildman–Crippen LogP) is 2.82. The Morgan fingerprint density at radius 3 is 2.86 bits per heavy atom. The second-order valence-electron chi connectivity index (χ2n) is 5.36. The van der Waals surface area contributed by atoms with Crippen LogP contribution in [0.4, 0.5) is 13.2 Å². The molecule has 21 heavy (non-hydrogen) atoms. The van der Waals surface area contributed by atoms with E-state index >= 15 is 0 Å². The van der Waals surface area contributed by atoms with Gasteiger partial charge in [-0.15, -0.1) is 0 Å². The molecule has 118 valence electrons. The zero-order valence-corrected chi connectivity index (χ0v) is 12.1. The van der Waals surface area contributed by atoms with Gasteiger partial charge in [-0.3, -0.25) is 4.90 Å². The summed E-state index contributed by atoms with van der Waals surface area (Å²) in [6.45, 7) is 4.69. The van der Waals surface area contributed by atoms with Crippen molar-refractivity contribution in [3.8, 4) is 0 Å². The van der Waals surface area contributed by atoms with E-state index in [-0.39, 0.29) is 6.04 Å². The summed E-state index contributed by atoms with van der Waals surface area (Å²) in [4.78, 5) is 2.20. The largest absolute Gasteiger partial charge is 0.416 e. The summed E-state index contributed by atoms with van der Waals surface area (Å²) >= 11 is 0. The lowest BCUT2D eigenvalue weighted by molar-refractivity contribution is -0.137. The number of nitrogens with two attached hydrogens (primary N) is 1. The van der Waals surface area contributed by atoms with E-state index in [0.29, 0.717) is 25.3 Å². The molecule has 2 rings (SSSR count). The molecular weight excluding hydrogens is 281 g/mol. The molecule has 0 aliphatic carbocycles. The lowest BCUT2D eigenvalue weighted by Gasteiger charge is -2.36. The van der Waals surface area contributed by atoms with Crippen molar-refractivity contribution in [2.45, 2.75) is 31.6 Å². The van der Waals surface area contributed by atoms with Crippen molar-refractivity contribution in [3.05, 3.63) is 35.4 Å². The molecule has 1 saturated heterocycles. The molecule has 0 aromatic heterocycles. The Labute approximate surface area is 122 Å². The third-order valence-electron chi connectivity index (χ3n) is 3.89. The molecule has 0 amide bonds. The van der Waals surface area contributed by atoms with Crippen LogP contribution in [0.25, 0.3) is 0 Å². The molecule has 2 atom stereocenters. The maximum absolute atomic E-state index is 12.7. The molecular formula is C15H21F3N2O. The van der Waals surface area contributed by atoms with Crippen molar-refractivity contribution >= 4 is 0 Å². The topological polar surface area (TPSA) is 38.5 Å². The van der Waals surface area contributed by atoms with Gasteiger partial charge >= 0.3 is 6.18 Å². The van der Waals surface area contributed by atoms with Crippen LogP contribution in [-0.2, 0) is 10.9 Å². The second kappa shape index (κ2) is 6.77. The van der Waals surface area contributed by atoms with Crippen LogP contribution in [-0.4, -0.2) is 37.2 Å². The summed E-state index contributed by atoms with van der Waals surface area (Å²) in [5, 5.41) is 0. The van der Waals surface area contributed by atoms with E-state index in [0.717, 1.165) is 25.1 Å². The number of morpholine rings is 1. The summed E-state index contributed by atoms with van der Waals surface area (Å²) in [6, 6.07) is 5.14. The third-order valence-corrected chi connectivity index (χ3v) is 3.89. The van der Waals surface area contributed by atoms with Crippen LogP contribution in [0.2, 0.25) is 0 Å². The van der Waals surface area contributed by atoms with Crippen LogP contribution >= 0.6 is 0 Å².